The number of rotatable bonds is 7. The molecule has 0 spiro atoms. The van der Waals surface area contributed by atoms with E-state index in [1.165, 1.54) is 19.8 Å². The largest absolute Gasteiger partial charge is 0.493 e. The van der Waals surface area contributed by atoms with Gasteiger partial charge in [-0.2, -0.15) is 0 Å². The van der Waals surface area contributed by atoms with Crippen molar-refractivity contribution >= 4 is 17.5 Å². The molecular formula is C18H26N2O4. The minimum absolute atomic E-state index is 0.00590. The molecule has 1 N–H and O–H groups in total. The highest BCUT2D eigenvalue weighted by Gasteiger charge is 2.19. The number of amides is 2. The first-order valence-corrected chi connectivity index (χ1v) is 8.34. The average Bonchev–Trinajstić information content (AvgIpc) is 3.07. The highest BCUT2D eigenvalue weighted by Crippen LogP contribution is 2.31. The van der Waals surface area contributed by atoms with Crippen LogP contribution in [0.1, 0.15) is 39.0 Å². The van der Waals surface area contributed by atoms with Gasteiger partial charge < -0.3 is 19.7 Å². The molecule has 0 heterocycles. The van der Waals surface area contributed by atoms with E-state index in [-0.39, 0.29) is 18.2 Å². The summed E-state index contributed by atoms with van der Waals surface area (Å²) in [4.78, 5) is 25.6. The third-order valence-electron chi connectivity index (χ3n) is 4.34. The van der Waals surface area contributed by atoms with Crippen molar-refractivity contribution < 1.29 is 19.1 Å². The maximum absolute atomic E-state index is 12.1. The summed E-state index contributed by atoms with van der Waals surface area (Å²) in [7, 11) is 3.11. The zero-order valence-electron chi connectivity index (χ0n) is 14.6. The Morgan fingerprint density at radius 2 is 1.83 bits per heavy atom. The second-order valence-electron chi connectivity index (χ2n) is 6.01. The molecule has 0 aliphatic heterocycles. The normalized spacial score (nSPS) is 14.3. The second-order valence-corrected chi connectivity index (χ2v) is 6.01. The SMILES string of the molecule is COc1ccc(N(CCC(=O)NC2CCCC2)C(C)=O)cc1OC. The summed E-state index contributed by atoms with van der Waals surface area (Å²) in [6.07, 6.45) is 4.74. The third kappa shape index (κ3) is 4.63. The number of anilines is 1. The first-order valence-electron chi connectivity index (χ1n) is 8.34. The van der Waals surface area contributed by atoms with Crippen LogP contribution in [0.25, 0.3) is 0 Å². The molecule has 1 aliphatic carbocycles. The van der Waals surface area contributed by atoms with Crippen molar-refractivity contribution in [3.05, 3.63) is 18.2 Å². The fraction of sp³-hybridized carbons (Fsp3) is 0.556. The molecule has 1 aromatic rings. The van der Waals surface area contributed by atoms with Crippen molar-refractivity contribution in [1.29, 1.82) is 0 Å². The fourth-order valence-corrected chi connectivity index (χ4v) is 3.04. The molecule has 1 aliphatic rings. The smallest absolute Gasteiger partial charge is 0.223 e. The Hall–Kier alpha value is -2.24. The summed E-state index contributed by atoms with van der Waals surface area (Å²) >= 11 is 0. The third-order valence-corrected chi connectivity index (χ3v) is 4.34. The Morgan fingerprint density at radius 3 is 2.42 bits per heavy atom. The molecular weight excluding hydrogens is 308 g/mol. The Balaban J connectivity index is 2.01. The highest BCUT2D eigenvalue weighted by molar-refractivity contribution is 5.92. The van der Waals surface area contributed by atoms with Crippen LogP contribution in [0.15, 0.2) is 18.2 Å². The fourth-order valence-electron chi connectivity index (χ4n) is 3.04. The predicted molar refractivity (Wildman–Crippen MR) is 92.6 cm³/mol. The first kappa shape index (κ1) is 18.1. The number of carbonyl (C=O) groups excluding carboxylic acids is 2. The Morgan fingerprint density at radius 1 is 1.17 bits per heavy atom. The lowest BCUT2D eigenvalue weighted by Crippen LogP contribution is -2.37. The van der Waals surface area contributed by atoms with Gasteiger partial charge in [0.15, 0.2) is 11.5 Å². The van der Waals surface area contributed by atoms with Gasteiger partial charge in [0.25, 0.3) is 0 Å². The van der Waals surface area contributed by atoms with Gasteiger partial charge >= 0.3 is 0 Å². The van der Waals surface area contributed by atoms with Crippen molar-refractivity contribution in [3.8, 4) is 11.5 Å². The number of methoxy groups -OCH3 is 2. The number of benzene rings is 1. The van der Waals surface area contributed by atoms with Crippen molar-refractivity contribution in [3.63, 3.8) is 0 Å². The maximum Gasteiger partial charge on any atom is 0.223 e. The summed E-state index contributed by atoms with van der Waals surface area (Å²) in [5.74, 6) is 1.03. The lowest BCUT2D eigenvalue weighted by molar-refractivity contribution is -0.121. The van der Waals surface area contributed by atoms with Gasteiger partial charge in [-0.1, -0.05) is 12.8 Å². The lowest BCUT2D eigenvalue weighted by Gasteiger charge is -2.22. The summed E-state index contributed by atoms with van der Waals surface area (Å²) in [5, 5.41) is 3.04. The van der Waals surface area contributed by atoms with Crippen molar-refractivity contribution in [2.45, 2.75) is 45.1 Å². The number of nitrogens with zero attached hydrogens (tertiary/aromatic N) is 1. The molecule has 0 bridgehead atoms. The summed E-state index contributed by atoms with van der Waals surface area (Å²) < 4.78 is 10.5. The van der Waals surface area contributed by atoms with Crippen LogP contribution in [0.4, 0.5) is 5.69 Å². The van der Waals surface area contributed by atoms with Crippen LogP contribution < -0.4 is 19.7 Å². The van der Waals surface area contributed by atoms with Crippen LogP contribution in [0, 0.1) is 0 Å². The van der Waals surface area contributed by atoms with E-state index in [9.17, 15) is 9.59 Å². The number of hydrogen-bond donors (Lipinski definition) is 1. The van der Waals surface area contributed by atoms with E-state index in [1.807, 2.05) is 0 Å². The molecule has 6 nitrogen and oxygen atoms in total. The summed E-state index contributed by atoms with van der Waals surface area (Å²) in [6.45, 7) is 1.83. The lowest BCUT2D eigenvalue weighted by atomic mass is 10.2. The van der Waals surface area contributed by atoms with Crippen molar-refractivity contribution in [1.82, 2.24) is 5.32 Å². The van der Waals surface area contributed by atoms with E-state index in [0.717, 1.165) is 12.8 Å². The number of nitrogens with one attached hydrogen (secondary N) is 1. The van der Waals surface area contributed by atoms with Crippen LogP contribution in [0.3, 0.4) is 0 Å². The first-order chi connectivity index (χ1) is 11.5. The number of carbonyl (C=O) groups is 2. The van der Waals surface area contributed by atoms with Gasteiger partial charge in [-0.25, -0.2) is 0 Å². The molecule has 1 aromatic carbocycles. The van der Waals surface area contributed by atoms with Crippen molar-refractivity contribution in [2.75, 3.05) is 25.7 Å². The molecule has 24 heavy (non-hydrogen) atoms. The highest BCUT2D eigenvalue weighted by atomic mass is 16.5. The molecule has 1 saturated carbocycles. The number of hydrogen-bond acceptors (Lipinski definition) is 4. The van der Waals surface area contributed by atoms with Gasteiger partial charge in [0.05, 0.1) is 14.2 Å². The minimum Gasteiger partial charge on any atom is -0.493 e. The van der Waals surface area contributed by atoms with Gasteiger partial charge in [-0.3, -0.25) is 9.59 Å². The van der Waals surface area contributed by atoms with Crippen molar-refractivity contribution in [2.24, 2.45) is 0 Å². The maximum atomic E-state index is 12.1. The van der Waals surface area contributed by atoms with E-state index in [4.69, 9.17) is 9.47 Å². The van der Waals surface area contributed by atoms with Crippen LogP contribution >= 0.6 is 0 Å². The summed E-state index contributed by atoms with van der Waals surface area (Å²) in [6, 6.07) is 5.58. The van der Waals surface area contributed by atoms with E-state index in [2.05, 4.69) is 5.32 Å². The Labute approximate surface area is 143 Å². The minimum atomic E-state index is -0.115. The molecule has 0 aromatic heterocycles. The van der Waals surface area contributed by atoms with Gasteiger partial charge in [-0.05, 0) is 25.0 Å². The van der Waals surface area contributed by atoms with Gasteiger partial charge in [0, 0.05) is 37.7 Å². The van der Waals surface area contributed by atoms with E-state index in [0.29, 0.717) is 29.8 Å². The quantitative estimate of drug-likeness (QED) is 0.832. The Bertz CT molecular complexity index is 582. The second kappa shape index (κ2) is 8.57. The molecule has 2 amide bonds. The zero-order valence-corrected chi connectivity index (χ0v) is 14.6. The van der Waals surface area contributed by atoms with E-state index >= 15 is 0 Å². The average molecular weight is 334 g/mol. The Kier molecular flexibility index (Phi) is 6.46. The molecule has 0 saturated heterocycles. The summed E-state index contributed by atoms with van der Waals surface area (Å²) in [5.41, 5.74) is 0.689. The van der Waals surface area contributed by atoms with Gasteiger partial charge in [-0.15, -0.1) is 0 Å². The van der Waals surface area contributed by atoms with Gasteiger partial charge in [0.1, 0.15) is 0 Å². The van der Waals surface area contributed by atoms with Crippen LogP contribution in [0.5, 0.6) is 11.5 Å². The zero-order chi connectivity index (χ0) is 17.5. The molecule has 1 fully saturated rings. The monoisotopic (exact) mass is 334 g/mol. The van der Waals surface area contributed by atoms with Crippen LogP contribution in [-0.4, -0.2) is 38.6 Å². The predicted octanol–water partition coefficient (Wildman–Crippen LogP) is 2.51. The molecule has 2 rings (SSSR count). The van der Waals surface area contributed by atoms with E-state index in [1.54, 1.807) is 37.3 Å². The van der Waals surface area contributed by atoms with E-state index < -0.39 is 0 Å². The van der Waals surface area contributed by atoms with Crippen LogP contribution in [-0.2, 0) is 9.59 Å². The molecule has 132 valence electrons. The standard InChI is InChI=1S/C18H26N2O4/c1-13(21)20(11-10-18(22)19-14-6-4-5-7-14)15-8-9-16(23-2)17(12-15)24-3/h8-9,12,14H,4-7,10-11H2,1-3H3,(H,19,22). The molecule has 6 heteroatoms. The van der Waals surface area contributed by atoms with Crippen LogP contribution in [0.2, 0.25) is 0 Å². The molecule has 0 unspecified atom stereocenters. The molecule has 0 radical (unpaired) electrons. The van der Waals surface area contributed by atoms with Gasteiger partial charge in [0.2, 0.25) is 11.8 Å². The number of ether oxygens (including phenoxy) is 2. The molecule has 0 atom stereocenters. The topological polar surface area (TPSA) is 67.9 Å².